The lowest BCUT2D eigenvalue weighted by atomic mass is 9.95. The molecule has 0 saturated heterocycles. The van der Waals surface area contributed by atoms with Gasteiger partial charge in [-0.1, -0.05) is 38.9 Å². The Morgan fingerprint density at radius 1 is 1.18 bits per heavy atom. The Hall–Kier alpha value is -1.99. The number of pyridine rings is 2. The fourth-order valence-electron chi connectivity index (χ4n) is 4.05. The molecule has 0 unspecified atom stereocenters. The summed E-state index contributed by atoms with van der Waals surface area (Å²) in [6.07, 6.45) is 11.5. The Balaban J connectivity index is 1.70. The van der Waals surface area contributed by atoms with Gasteiger partial charge in [-0.3, -0.25) is 9.36 Å². The van der Waals surface area contributed by atoms with Crippen molar-refractivity contribution in [3.8, 4) is 0 Å². The third kappa shape index (κ3) is 3.91. The van der Waals surface area contributed by atoms with E-state index in [4.69, 9.17) is 4.74 Å². The monoisotopic (exact) mass is 398 g/mol. The van der Waals surface area contributed by atoms with Crippen molar-refractivity contribution in [3.63, 3.8) is 0 Å². The highest BCUT2D eigenvalue weighted by Crippen LogP contribution is 2.32. The first kappa shape index (κ1) is 19.3. The number of hydrogen-bond donors (Lipinski definition) is 0. The molecular formula is C21H30N4O2Si. The molecule has 0 aromatic carbocycles. The number of hydrogen-bond acceptors (Lipinski definition) is 4. The van der Waals surface area contributed by atoms with Crippen molar-refractivity contribution in [3.05, 3.63) is 35.0 Å². The fourth-order valence-corrected chi connectivity index (χ4v) is 4.80. The normalized spacial score (nSPS) is 16.2. The Bertz CT molecular complexity index is 1030. The highest BCUT2D eigenvalue weighted by Gasteiger charge is 2.20. The summed E-state index contributed by atoms with van der Waals surface area (Å²) in [6.45, 7) is 8.25. The molecule has 28 heavy (non-hydrogen) atoms. The Morgan fingerprint density at radius 3 is 2.71 bits per heavy atom. The Labute approximate surface area is 166 Å². The molecule has 1 fully saturated rings. The molecule has 1 saturated carbocycles. The first-order valence-electron chi connectivity index (χ1n) is 10.4. The van der Waals surface area contributed by atoms with Crippen LogP contribution in [0.15, 0.2) is 29.6 Å². The second kappa shape index (κ2) is 7.79. The van der Waals surface area contributed by atoms with Crippen LogP contribution in [0.2, 0.25) is 25.7 Å². The summed E-state index contributed by atoms with van der Waals surface area (Å²) in [7, 11) is -1.11. The molecule has 0 aliphatic heterocycles. The molecule has 3 heterocycles. The van der Waals surface area contributed by atoms with Crippen LogP contribution in [0, 0.1) is 0 Å². The zero-order chi connectivity index (χ0) is 19.7. The molecule has 0 atom stereocenters. The van der Waals surface area contributed by atoms with Gasteiger partial charge in [-0.2, -0.15) is 0 Å². The molecule has 0 radical (unpaired) electrons. The highest BCUT2D eigenvalue weighted by atomic mass is 28.3. The number of fused-ring (bicyclic) bond motifs is 3. The van der Waals surface area contributed by atoms with Crippen LogP contribution in [0.1, 0.15) is 38.1 Å². The Morgan fingerprint density at radius 2 is 1.96 bits per heavy atom. The van der Waals surface area contributed by atoms with E-state index in [9.17, 15) is 4.79 Å². The SMILES string of the molecule is C[Si](C)(C)CCOCn1cnc2c1ncc1c(=O)ccn(C3CCCCC3)c12. The minimum Gasteiger partial charge on any atom is -0.361 e. The van der Waals surface area contributed by atoms with E-state index in [0.717, 1.165) is 42.2 Å². The van der Waals surface area contributed by atoms with Gasteiger partial charge in [0, 0.05) is 39.2 Å². The maximum absolute atomic E-state index is 12.5. The van der Waals surface area contributed by atoms with Gasteiger partial charge in [-0.15, -0.1) is 0 Å². The Kier molecular flexibility index (Phi) is 5.38. The maximum Gasteiger partial charge on any atom is 0.191 e. The lowest BCUT2D eigenvalue weighted by molar-refractivity contribution is 0.0895. The quantitative estimate of drug-likeness (QED) is 0.451. The summed E-state index contributed by atoms with van der Waals surface area (Å²) >= 11 is 0. The van der Waals surface area contributed by atoms with Gasteiger partial charge in [-0.05, 0) is 18.9 Å². The van der Waals surface area contributed by atoms with E-state index in [1.165, 1.54) is 19.3 Å². The predicted molar refractivity (Wildman–Crippen MR) is 116 cm³/mol. The molecule has 3 aromatic rings. The van der Waals surface area contributed by atoms with Crippen LogP contribution < -0.4 is 5.43 Å². The van der Waals surface area contributed by atoms with Crippen LogP contribution in [-0.2, 0) is 11.5 Å². The largest absolute Gasteiger partial charge is 0.361 e. The molecule has 1 aliphatic rings. The molecule has 0 spiro atoms. The van der Waals surface area contributed by atoms with E-state index in [1.54, 1.807) is 18.6 Å². The molecule has 4 rings (SSSR count). The molecule has 0 amide bonds. The zero-order valence-electron chi connectivity index (χ0n) is 17.1. The van der Waals surface area contributed by atoms with E-state index in [0.29, 0.717) is 18.2 Å². The van der Waals surface area contributed by atoms with Gasteiger partial charge in [0.1, 0.15) is 12.2 Å². The van der Waals surface area contributed by atoms with Crippen LogP contribution in [0.25, 0.3) is 22.1 Å². The number of aromatic nitrogens is 4. The molecule has 0 bridgehead atoms. The van der Waals surface area contributed by atoms with Crippen molar-refractivity contribution in [1.82, 2.24) is 19.1 Å². The second-order valence-corrected chi connectivity index (χ2v) is 14.8. The summed E-state index contributed by atoms with van der Waals surface area (Å²) in [5, 5.41) is 0.658. The summed E-state index contributed by atoms with van der Waals surface area (Å²) in [5.41, 5.74) is 2.52. The molecule has 6 nitrogen and oxygen atoms in total. The van der Waals surface area contributed by atoms with Gasteiger partial charge in [0.25, 0.3) is 0 Å². The predicted octanol–water partition coefficient (Wildman–Crippen LogP) is 4.56. The van der Waals surface area contributed by atoms with E-state index in [1.807, 2.05) is 10.8 Å². The topological polar surface area (TPSA) is 61.9 Å². The molecule has 150 valence electrons. The lowest BCUT2D eigenvalue weighted by Gasteiger charge is -2.26. The third-order valence-electron chi connectivity index (χ3n) is 5.71. The minimum absolute atomic E-state index is 0.0115. The number of rotatable bonds is 6. The van der Waals surface area contributed by atoms with E-state index >= 15 is 0 Å². The maximum atomic E-state index is 12.5. The second-order valence-electron chi connectivity index (χ2n) is 9.13. The van der Waals surface area contributed by atoms with Gasteiger partial charge in [-0.25, -0.2) is 9.97 Å². The minimum atomic E-state index is -1.11. The highest BCUT2D eigenvalue weighted by molar-refractivity contribution is 6.76. The van der Waals surface area contributed by atoms with Crippen LogP contribution in [0.4, 0.5) is 0 Å². The average Bonchev–Trinajstić information content (AvgIpc) is 3.09. The van der Waals surface area contributed by atoms with Crippen LogP contribution >= 0.6 is 0 Å². The van der Waals surface area contributed by atoms with Gasteiger partial charge in [0.2, 0.25) is 0 Å². The van der Waals surface area contributed by atoms with Crippen LogP contribution in [-0.4, -0.2) is 33.8 Å². The van der Waals surface area contributed by atoms with Gasteiger partial charge in [0.15, 0.2) is 11.1 Å². The van der Waals surface area contributed by atoms with E-state index < -0.39 is 8.07 Å². The summed E-state index contributed by atoms with van der Waals surface area (Å²) < 4.78 is 10.1. The molecule has 1 aliphatic carbocycles. The summed E-state index contributed by atoms with van der Waals surface area (Å²) in [5.74, 6) is 0. The van der Waals surface area contributed by atoms with Crippen LogP contribution in [0.3, 0.4) is 0 Å². The number of nitrogens with zero attached hydrogens (tertiary/aromatic N) is 4. The fraction of sp³-hybridized carbons (Fsp3) is 0.571. The first-order chi connectivity index (χ1) is 13.4. The standard InChI is InChI=1S/C21H30N4O2Si/c1-28(2,3)12-11-27-15-24-14-23-19-20-17(13-22-21(19)24)18(26)9-10-25(20)16-7-5-4-6-8-16/h9-10,13-14,16H,4-8,11-12,15H2,1-3H3. The number of ether oxygens (including phenoxy) is 1. The van der Waals surface area contributed by atoms with E-state index in [2.05, 4.69) is 34.2 Å². The number of imidazole rings is 1. The summed E-state index contributed by atoms with van der Waals surface area (Å²) in [6, 6.07) is 3.23. The van der Waals surface area contributed by atoms with Gasteiger partial charge < -0.3 is 9.30 Å². The van der Waals surface area contributed by atoms with Crippen LogP contribution in [0.5, 0.6) is 0 Å². The smallest absolute Gasteiger partial charge is 0.191 e. The van der Waals surface area contributed by atoms with Gasteiger partial charge >= 0.3 is 0 Å². The molecule has 0 N–H and O–H groups in total. The molecule has 3 aromatic heterocycles. The summed E-state index contributed by atoms with van der Waals surface area (Å²) in [4.78, 5) is 21.7. The lowest BCUT2D eigenvalue weighted by Crippen LogP contribution is -2.22. The zero-order valence-corrected chi connectivity index (χ0v) is 18.1. The van der Waals surface area contributed by atoms with Crippen molar-refractivity contribution in [2.45, 2.75) is 70.6 Å². The molecular weight excluding hydrogens is 368 g/mol. The average molecular weight is 399 g/mol. The van der Waals surface area contributed by atoms with Crippen molar-refractivity contribution in [1.29, 1.82) is 0 Å². The first-order valence-corrected chi connectivity index (χ1v) is 14.1. The third-order valence-corrected chi connectivity index (χ3v) is 7.41. The van der Waals surface area contributed by atoms with Crippen molar-refractivity contribution >= 4 is 30.1 Å². The van der Waals surface area contributed by atoms with Crippen molar-refractivity contribution in [2.75, 3.05) is 6.61 Å². The molecule has 7 heteroatoms. The van der Waals surface area contributed by atoms with Crippen molar-refractivity contribution in [2.24, 2.45) is 0 Å². The van der Waals surface area contributed by atoms with E-state index in [-0.39, 0.29) is 5.43 Å². The van der Waals surface area contributed by atoms with Crippen molar-refractivity contribution < 1.29 is 4.74 Å². The van der Waals surface area contributed by atoms with Gasteiger partial charge in [0.05, 0.1) is 17.2 Å².